The molecule has 1 N–H and O–H groups in total. The fraction of sp³-hybridized carbons (Fsp3) is 0.909. The zero-order valence-electron chi connectivity index (χ0n) is 10.0. The summed E-state index contributed by atoms with van der Waals surface area (Å²) in [6.07, 6.45) is 2.23. The first-order valence-electron chi connectivity index (χ1n) is 5.64. The summed E-state index contributed by atoms with van der Waals surface area (Å²) in [6, 6.07) is 0. The summed E-state index contributed by atoms with van der Waals surface area (Å²) in [6.45, 7) is 6.21. The van der Waals surface area contributed by atoms with E-state index < -0.39 is 12.1 Å². The van der Waals surface area contributed by atoms with E-state index in [9.17, 15) is 4.79 Å². The van der Waals surface area contributed by atoms with Gasteiger partial charge >= 0.3 is 5.97 Å². The van der Waals surface area contributed by atoms with Crippen molar-refractivity contribution in [3.8, 4) is 0 Å². The minimum atomic E-state index is -0.860. The molecule has 1 atom stereocenters. The zero-order chi connectivity index (χ0) is 11.7. The molecule has 15 heavy (non-hydrogen) atoms. The SMILES string of the molecule is CCCCN(C)CCC(OCC)C(=O)O. The van der Waals surface area contributed by atoms with E-state index in [4.69, 9.17) is 9.84 Å². The molecule has 0 aliphatic heterocycles. The summed E-state index contributed by atoms with van der Waals surface area (Å²) in [5, 5.41) is 8.85. The van der Waals surface area contributed by atoms with Crippen molar-refractivity contribution in [1.82, 2.24) is 4.90 Å². The zero-order valence-corrected chi connectivity index (χ0v) is 10.0. The molecule has 0 heterocycles. The summed E-state index contributed by atoms with van der Waals surface area (Å²) < 4.78 is 5.13. The second kappa shape index (κ2) is 8.68. The summed E-state index contributed by atoms with van der Waals surface area (Å²) in [5.74, 6) is -0.860. The number of hydrogen-bond donors (Lipinski definition) is 1. The largest absolute Gasteiger partial charge is 0.479 e. The molecule has 4 nitrogen and oxygen atoms in total. The Kier molecular flexibility index (Phi) is 8.33. The lowest BCUT2D eigenvalue weighted by atomic mass is 10.2. The quantitative estimate of drug-likeness (QED) is 0.637. The number of carbonyl (C=O) groups is 1. The van der Waals surface area contributed by atoms with Crippen molar-refractivity contribution in [2.45, 2.75) is 39.2 Å². The highest BCUT2D eigenvalue weighted by Crippen LogP contribution is 2.01. The molecular weight excluding hydrogens is 194 g/mol. The number of aliphatic carboxylic acids is 1. The van der Waals surface area contributed by atoms with Crippen LogP contribution in [0.3, 0.4) is 0 Å². The van der Waals surface area contributed by atoms with Crippen LogP contribution in [0.1, 0.15) is 33.1 Å². The minimum Gasteiger partial charge on any atom is -0.479 e. The van der Waals surface area contributed by atoms with Crippen molar-refractivity contribution < 1.29 is 14.6 Å². The molecule has 0 spiro atoms. The Bertz CT molecular complexity index is 173. The second-order valence-corrected chi connectivity index (χ2v) is 3.73. The smallest absolute Gasteiger partial charge is 0.332 e. The molecule has 0 aromatic heterocycles. The van der Waals surface area contributed by atoms with E-state index in [1.807, 2.05) is 14.0 Å². The average molecular weight is 217 g/mol. The molecule has 4 heteroatoms. The molecule has 0 bridgehead atoms. The van der Waals surface area contributed by atoms with Crippen LogP contribution < -0.4 is 0 Å². The molecule has 0 saturated heterocycles. The van der Waals surface area contributed by atoms with Gasteiger partial charge in [-0.1, -0.05) is 13.3 Å². The summed E-state index contributed by atoms with van der Waals surface area (Å²) in [5.41, 5.74) is 0. The van der Waals surface area contributed by atoms with Gasteiger partial charge in [-0.15, -0.1) is 0 Å². The highest BCUT2D eigenvalue weighted by Gasteiger charge is 2.17. The first-order chi connectivity index (χ1) is 7.11. The monoisotopic (exact) mass is 217 g/mol. The molecule has 90 valence electrons. The number of hydrogen-bond acceptors (Lipinski definition) is 3. The van der Waals surface area contributed by atoms with Crippen molar-refractivity contribution >= 4 is 5.97 Å². The summed E-state index contributed by atoms with van der Waals surface area (Å²) >= 11 is 0. The molecule has 0 aromatic carbocycles. The van der Waals surface area contributed by atoms with Crippen LogP contribution >= 0.6 is 0 Å². The van der Waals surface area contributed by atoms with Crippen LogP contribution in [0, 0.1) is 0 Å². The van der Waals surface area contributed by atoms with Gasteiger partial charge in [0.2, 0.25) is 0 Å². The van der Waals surface area contributed by atoms with E-state index in [0.717, 1.165) is 25.9 Å². The first-order valence-corrected chi connectivity index (χ1v) is 5.64. The van der Waals surface area contributed by atoms with Gasteiger partial charge in [0.15, 0.2) is 6.10 Å². The highest BCUT2D eigenvalue weighted by atomic mass is 16.5. The number of ether oxygens (including phenoxy) is 1. The van der Waals surface area contributed by atoms with E-state index in [1.165, 1.54) is 0 Å². The Morgan fingerprint density at radius 1 is 1.40 bits per heavy atom. The Morgan fingerprint density at radius 3 is 2.53 bits per heavy atom. The number of nitrogens with zero attached hydrogens (tertiary/aromatic N) is 1. The third-order valence-corrected chi connectivity index (χ3v) is 2.31. The van der Waals surface area contributed by atoms with Gasteiger partial charge in [0.25, 0.3) is 0 Å². The lowest BCUT2D eigenvalue weighted by Crippen LogP contribution is -2.30. The van der Waals surface area contributed by atoms with Gasteiger partial charge < -0.3 is 14.7 Å². The first kappa shape index (κ1) is 14.4. The fourth-order valence-corrected chi connectivity index (χ4v) is 1.36. The average Bonchev–Trinajstić information content (AvgIpc) is 2.20. The van der Waals surface area contributed by atoms with Crippen molar-refractivity contribution in [3.05, 3.63) is 0 Å². The minimum absolute atomic E-state index is 0.454. The van der Waals surface area contributed by atoms with Crippen LogP contribution in [0.5, 0.6) is 0 Å². The Labute approximate surface area is 92.2 Å². The Balaban J connectivity index is 3.72. The standard InChI is InChI=1S/C11H23NO3/c1-4-6-8-12(3)9-7-10(11(13)14)15-5-2/h10H,4-9H2,1-3H3,(H,13,14). The van der Waals surface area contributed by atoms with Crippen LogP contribution in [0.2, 0.25) is 0 Å². The molecule has 0 fully saturated rings. The molecule has 0 aliphatic carbocycles. The molecular formula is C11H23NO3. The van der Waals surface area contributed by atoms with E-state index in [2.05, 4.69) is 11.8 Å². The Morgan fingerprint density at radius 2 is 2.07 bits per heavy atom. The van der Waals surface area contributed by atoms with Crippen LogP contribution in [-0.2, 0) is 9.53 Å². The molecule has 0 radical (unpaired) electrons. The van der Waals surface area contributed by atoms with Gasteiger partial charge in [-0.3, -0.25) is 0 Å². The van der Waals surface area contributed by atoms with Gasteiger partial charge in [0, 0.05) is 13.2 Å². The predicted octanol–water partition coefficient (Wildman–Crippen LogP) is 1.60. The molecule has 1 unspecified atom stereocenters. The number of carboxylic acid groups (broad SMARTS) is 1. The van der Waals surface area contributed by atoms with Crippen LogP contribution in [0.25, 0.3) is 0 Å². The lowest BCUT2D eigenvalue weighted by Gasteiger charge is -2.19. The molecule has 0 amide bonds. The van der Waals surface area contributed by atoms with Crippen LogP contribution in [-0.4, -0.2) is 48.8 Å². The molecule has 0 saturated carbocycles. The van der Waals surface area contributed by atoms with Gasteiger partial charge in [0.1, 0.15) is 0 Å². The van der Waals surface area contributed by atoms with Gasteiger partial charge in [-0.2, -0.15) is 0 Å². The molecule has 0 aromatic rings. The molecule has 0 rings (SSSR count). The van der Waals surface area contributed by atoms with E-state index in [0.29, 0.717) is 13.0 Å². The number of carboxylic acids is 1. The van der Waals surface area contributed by atoms with E-state index in [1.54, 1.807) is 0 Å². The summed E-state index contributed by atoms with van der Waals surface area (Å²) in [7, 11) is 2.01. The highest BCUT2D eigenvalue weighted by molar-refractivity contribution is 5.72. The van der Waals surface area contributed by atoms with Crippen molar-refractivity contribution in [3.63, 3.8) is 0 Å². The Hall–Kier alpha value is -0.610. The van der Waals surface area contributed by atoms with Crippen molar-refractivity contribution in [2.75, 3.05) is 26.7 Å². The third-order valence-electron chi connectivity index (χ3n) is 2.31. The number of rotatable bonds is 9. The molecule has 0 aliphatic rings. The second-order valence-electron chi connectivity index (χ2n) is 3.73. The maximum atomic E-state index is 10.8. The third kappa shape index (κ3) is 7.33. The maximum Gasteiger partial charge on any atom is 0.332 e. The predicted molar refractivity (Wildman–Crippen MR) is 60.1 cm³/mol. The van der Waals surface area contributed by atoms with Gasteiger partial charge in [-0.05, 0) is 33.4 Å². The van der Waals surface area contributed by atoms with Crippen molar-refractivity contribution in [1.29, 1.82) is 0 Å². The topological polar surface area (TPSA) is 49.8 Å². The lowest BCUT2D eigenvalue weighted by molar-refractivity contribution is -0.150. The van der Waals surface area contributed by atoms with Crippen LogP contribution in [0.4, 0.5) is 0 Å². The van der Waals surface area contributed by atoms with Crippen LogP contribution in [0.15, 0.2) is 0 Å². The van der Waals surface area contributed by atoms with Crippen molar-refractivity contribution in [2.24, 2.45) is 0 Å². The van der Waals surface area contributed by atoms with E-state index in [-0.39, 0.29) is 0 Å². The maximum absolute atomic E-state index is 10.8. The summed E-state index contributed by atoms with van der Waals surface area (Å²) in [4.78, 5) is 12.9. The van der Waals surface area contributed by atoms with E-state index >= 15 is 0 Å². The fourth-order valence-electron chi connectivity index (χ4n) is 1.36. The van der Waals surface area contributed by atoms with Gasteiger partial charge in [0.05, 0.1) is 0 Å². The van der Waals surface area contributed by atoms with Gasteiger partial charge in [-0.25, -0.2) is 4.79 Å². The normalized spacial score (nSPS) is 13.1. The number of unbranched alkanes of at least 4 members (excludes halogenated alkanes) is 1.